The van der Waals surface area contributed by atoms with Gasteiger partial charge in [0.15, 0.2) is 11.5 Å². The molecule has 206 valence electrons. The summed E-state index contributed by atoms with van der Waals surface area (Å²) in [5, 5.41) is 2.90. The number of nitrogens with zero attached hydrogens (tertiary/aromatic N) is 4. The number of hydrogen-bond donors (Lipinski definition) is 2. The first-order valence-corrected chi connectivity index (χ1v) is 13.5. The van der Waals surface area contributed by atoms with Gasteiger partial charge in [-0.2, -0.15) is 0 Å². The molecule has 0 spiro atoms. The van der Waals surface area contributed by atoms with Crippen molar-refractivity contribution in [3.8, 4) is 0 Å². The Labute approximate surface area is 234 Å². The van der Waals surface area contributed by atoms with E-state index in [-0.39, 0.29) is 36.4 Å². The van der Waals surface area contributed by atoms with Crippen molar-refractivity contribution in [2.45, 2.75) is 32.0 Å². The summed E-state index contributed by atoms with van der Waals surface area (Å²) in [6.07, 6.45) is 0. The number of guanidine groups is 1. The van der Waals surface area contributed by atoms with E-state index in [0.717, 1.165) is 16.7 Å². The van der Waals surface area contributed by atoms with Crippen LogP contribution >= 0.6 is 0 Å². The Bertz CT molecular complexity index is 1380. The SMILES string of the molecule is CC(C)NC(=O)N1CCN(C(=O)c2cccc(CN3C(=O)C(c4ccccc4)(c4ccccc4)N=C3N)c2)CC1. The molecule has 9 nitrogen and oxygen atoms in total. The molecule has 1 saturated heterocycles. The summed E-state index contributed by atoms with van der Waals surface area (Å²) in [6.45, 7) is 5.87. The molecule has 0 radical (unpaired) electrons. The smallest absolute Gasteiger partial charge is 0.317 e. The first-order chi connectivity index (χ1) is 19.3. The molecule has 0 aromatic heterocycles. The van der Waals surface area contributed by atoms with Crippen molar-refractivity contribution < 1.29 is 14.4 Å². The standard InChI is InChI=1S/C31H34N6O3/c1-22(2)33-30(40)36-18-16-35(17-19-36)27(38)24-11-9-10-23(20-24)21-37-28(39)31(34-29(37)32,25-12-5-3-6-13-25)26-14-7-4-8-15-26/h3-15,20,22H,16-19,21H2,1-2H3,(H2,32,34)(H,33,40). The number of piperazine rings is 1. The summed E-state index contributed by atoms with van der Waals surface area (Å²) in [6, 6.07) is 26.1. The minimum Gasteiger partial charge on any atom is -0.369 e. The lowest BCUT2D eigenvalue weighted by molar-refractivity contribution is -0.130. The van der Waals surface area contributed by atoms with Gasteiger partial charge in [0.2, 0.25) is 0 Å². The lowest BCUT2D eigenvalue weighted by Gasteiger charge is -2.35. The van der Waals surface area contributed by atoms with Crippen LogP contribution in [0.4, 0.5) is 4.79 Å². The minimum absolute atomic E-state index is 0.0574. The molecule has 40 heavy (non-hydrogen) atoms. The fraction of sp³-hybridized carbons (Fsp3) is 0.290. The number of carbonyl (C=O) groups excluding carboxylic acids is 3. The molecular weight excluding hydrogens is 504 g/mol. The number of benzene rings is 3. The molecule has 9 heteroatoms. The van der Waals surface area contributed by atoms with E-state index in [9.17, 15) is 14.4 Å². The number of hydrogen-bond acceptors (Lipinski definition) is 5. The zero-order valence-corrected chi connectivity index (χ0v) is 22.8. The van der Waals surface area contributed by atoms with Gasteiger partial charge in [0.25, 0.3) is 11.8 Å². The zero-order chi connectivity index (χ0) is 28.3. The van der Waals surface area contributed by atoms with Gasteiger partial charge >= 0.3 is 6.03 Å². The molecule has 4 amide bonds. The predicted octanol–water partition coefficient (Wildman–Crippen LogP) is 3.16. The van der Waals surface area contributed by atoms with Crippen LogP contribution in [0.1, 0.15) is 40.9 Å². The van der Waals surface area contributed by atoms with E-state index in [0.29, 0.717) is 31.7 Å². The summed E-state index contributed by atoms with van der Waals surface area (Å²) in [7, 11) is 0. The van der Waals surface area contributed by atoms with Gasteiger partial charge in [0.05, 0.1) is 6.54 Å². The number of rotatable bonds is 6. The maximum absolute atomic E-state index is 14.1. The van der Waals surface area contributed by atoms with E-state index in [1.165, 1.54) is 4.90 Å². The van der Waals surface area contributed by atoms with Crippen LogP contribution in [0, 0.1) is 0 Å². The van der Waals surface area contributed by atoms with Crippen molar-refractivity contribution in [1.29, 1.82) is 0 Å². The number of nitrogens with two attached hydrogens (primary N) is 1. The third-order valence-corrected chi connectivity index (χ3v) is 7.28. The van der Waals surface area contributed by atoms with Crippen LogP contribution in [0.2, 0.25) is 0 Å². The van der Waals surface area contributed by atoms with Gasteiger partial charge < -0.3 is 20.9 Å². The lowest BCUT2D eigenvalue weighted by atomic mass is 9.83. The molecule has 3 aromatic rings. The third-order valence-electron chi connectivity index (χ3n) is 7.28. The topological polar surface area (TPSA) is 111 Å². The van der Waals surface area contributed by atoms with Crippen molar-refractivity contribution in [1.82, 2.24) is 20.0 Å². The summed E-state index contributed by atoms with van der Waals surface area (Å²) in [5.74, 6) is -0.219. The summed E-state index contributed by atoms with van der Waals surface area (Å²) in [5.41, 5.74) is 7.88. The number of aliphatic imine (C=N–C) groups is 1. The highest BCUT2D eigenvalue weighted by Gasteiger charge is 2.50. The van der Waals surface area contributed by atoms with Crippen molar-refractivity contribution in [2.24, 2.45) is 10.7 Å². The molecule has 0 unspecified atom stereocenters. The Morgan fingerprint density at radius 3 is 2.02 bits per heavy atom. The van der Waals surface area contributed by atoms with E-state index in [2.05, 4.69) is 5.32 Å². The van der Waals surface area contributed by atoms with Crippen LogP contribution in [0.15, 0.2) is 89.9 Å². The highest BCUT2D eigenvalue weighted by molar-refractivity contribution is 6.09. The molecule has 0 saturated carbocycles. The highest BCUT2D eigenvalue weighted by atomic mass is 16.2. The van der Waals surface area contributed by atoms with Gasteiger partial charge in [0.1, 0.15) is 0 Å². The molecule has 0 atom stereocenters. The van der Waals surface area contributed by atoms with E-state index in [4.69, 9.17) is 10.7 Å². The van der Waals surface area contributed by atoms with Gasteiger partial charge in [-0.25, -0.2) is 9.79 Å². The summed E-state index contributed by atoms with van der Waals surface area (Å²) in [4.78, 5) is 49.4. The first kappa shape index (κ1) is 26.9. The second-order valence-corrected chi connectivity index (χ2v) is 10.4. The summed E-state index contributed by atoms with van der Waals surface area (Å²) >= 11 is 0. The normalized spacial score (nSPS) is 16.7. The van der Waals surface area contributed by atoms with Crippen LogP contribution in [-0.4, -0.2) is 70.7 Å². The molecule has 5 rings (SSSR count). The highest BCUT2D eigenvalue weighted by Crippen LogP contribution is 2.40. The van der Waals surface area contributed by atoms with Crippen LogP contribution in [0.3, 0.4) is 0 Å². The maximum atomic E-state index is 14.1. The number of nitrogens with one attached hydrogen (secondary N) is 1. The number of urea groups is 1. The molecule has 2 aliphatic rings. The number of amides is 4. The fourth-order valence-corrected chi connectivity index (χ4v) is 5.25. The molecular formula is C31H34N6O3. The second-order valence-electron chi connectivity index (χ2n) is 10.4. The van der Waals surface area contributed by atoms with Crippen LogP contribution < -0.4 is 11.1 Å². The molecule has 1 fully saturated rings. The van der Waals surface area contributed by atoms with E-state index in [1.807, 2.05) is 86.6 Å². The van der Waals surface area contributed by atoms with Gasteiger partial charge in [-0.05, 0) is 42.7 Å². The zero-order valence-electron chi connectivity index (χ0n) is 22.8. The molecule has 0 bridgehead atoms. The monoisotopic (exact) mass is 538 g/mol. The van der Waals surface area contributed by atoms with Gasteiger partial charge in [-0.1, -0.05) is 72.8 Å². The molecule has 0 aliphatic carbocycles. The molecule has 2 heterocycles. The molecule has 2 aliphatic heterocycles. The Hall–Kier alpha value is -4.66. The van der Waals surface area contributed by atoms with Crippen molar-refractivity contribution in [3.63, 3.8) is 0 Å². The Balaban J connectivity index is 1.33. The van der Waals surface area contributed by atoms with Gasteiger partial charge in [0, 0.05) is 37.8 Å². The van der Waals surface area contributed by atoms with Gasteiger partial charge in [-0.3, -0.25) is 14.5 Å². The molecule has 3 aromatic carbocycles. The quantitative estimate of drug-likeness (QED) is 0.502. The van der Waals surface area contributed by atoms with Crippen LogP contribution in [0.25, 0.3) is 0 Å². The average molecular weight is 539 g/mol. The van der Waals surface area contributed by atoms with E-state index in [1.54, 1.807) is 21.9 Å². The fourth-order valence-electron chi connectivity index (χ4n) is 5.25. The predicted molar refractivity (Wildman–Crippen MR) is 153 cm³/mol. The van der Waals surface area contributed by atoms with Crippen molar-refractivity contribution >= 4 is 23.8 Å². The van der Waals surface area contributed by atoms with Crippen molar-refractivity contribution in [3.05, 3.63) is 107 Å². The van der Waals surface area contributed by atoms with Crippen LogP contribution in [0.5, 0.6) is 0 Å². The minimum atomic E-state index is -1.28. The lowest BCUT2D eigenvalue weighted by Crippen LogP contribution is -2.54. The second kappa shape index (κ2) is 11.2. The number of carbonyl (C=O) groups is 3. The van der Waals surface area contributed by atoms with Crippen molar-refractivity contribution in [2.75, 3.05) is 26.2 Å². The Kier molecular flexibility index (Phi) is 7.55. The van der Waals surface area contributed by atoms with Crippen LogP contribution in [-0.2, 0) is 16.9 Å². The molecule has 3 N–H and O–H groups in total. The van der Waals surface area contributed by atoms with E-state index >= 15 is 0 Å². The van der Waals surface area contributed by atoms with E-state index < -0.39 is 5.54 Å². The average Bonchev–Trinajstić information content (AvgIpc) is 3.23. The Morgan fingerprint density at radius 2 is 1.45 bits per heavy atom. The largest absolute Gasteiger partial charge is 0.369 e. The maximum Gasteiger partial charge on any atom is 0.317 e. The third kappa shape index (κ3) is 5.14. The van der Waals surface area contributed by atoms with Gasteiger partial charge in [-0.15, -0.1) is 0 Å². The first-order valence-electron chi connectivity index (χ1n) is 13.5. The Morgan fingerprint density at radius 1 is 0.875 bits per heavy atom. The summed E-state index contributed by atoms with van der Waals surface area (Å²) < 4.78 is 0.